The second-order valence-corrected chi connectivity index (χ2v) is 8.06. The summed E-state index contributed by atoms with van der Waals surface area (Å²) in [5.41, 5.74) is 1.09. The van der Waals surface area contributed by atoms with Crippen LogP contribution < -0.4 is 9.47 Å². The molecule has 0 spiro atoms. The number of piperazine rings is 1. The Balaban J connectivity index is 1.44. The molecule has 7 heteroatoms. The van der Waals surface area contributed by atoms with E-state index >= 15 is 0 Å². The van der Waals surface area contributed by atoms with Gasteiger partial charge in [0.1, 0.15) is 17.3 Å². The molecule has 2 aromatic rings. The third-order valence-electron chi connectivity index (χ3n) is 5.00. The molecular weight excluding hydrogens is 391 g/mol. The van der Waals surface area contributed by atoms with Crippen molar-refractivity contribution in [2.45, 2.75) is 17.9 Å². The molecule has 1 aliphatic heterocycles. The van der Waals surface area contributed by atoms with E-state index in [0.29, 0.717) is 12.2 Å². The van der Waals surface area contributed by atoms with Crippen molar-refractivity contribution in [2.24, 2.45) is 0 Å². The molecule has 0 radical (unpaired) electrons. The largest absolute Gasteiger partial charge is 0.497 e. The van der Waals surface area contributed by atoms with Crippen LogP contribution >= 0.6 is 11.8 Å². The number of carbonyl (C=O) groups excluding carboxylic acids is 1. The van der Waals surface area contributed by atoms with Crippen LogP contribution in [0.15, 0.2) is 47.4 Å². The van der Waals surface area contributed by atoms with Gasteiger partial charge in [-0.3, -0.25) is 9.69 Å². The van der Waals surface area contributed by atoms with E-state index in [2.05, 4.69) is 4.90 Å². The van der Waals surface area contributed by atoms with E-state index in [9.17, 15) is 9.18 Å². The summed E-state index contributed by atoms with van der Waals surface area (Å²) < 4.78 is 23.7. The van der Waals surface area contributed by atoms with Crippen molar-refractivity contribution in [3.63, 3.8) is 0 Å². The van der Waals surface area contributed by atoms with Crippen LogP contribution in [0.3, 0.4) is 0 Å². The molecule has 1 aliphatic rings. The van der Waals surface area contributed by atoms with Crippen LogP contribution in [-0.2, 0) is 11.3 Å². The molecule has 0 unspecified atom stereocenters. The zero-order chi connectivity index (χ0) is 20.6. The van der Waals surface area contributed by atoms with Gasteiger partial charge in [-0.1, -0.05) is 0 Å². The number of hydrogen-bond acceptors (Lipinski definition) is 5. The standard InChI is InChI=1S/C22H27FN2O3S/c1-27-19-5-8-21(28-2)17(15-19)16-24-10-12-25(13-11-24)22(26)9-14-29-20-6-3-18(23)4-7-20/h3-8,15H,9-14,16H2,1-2H3. The Morgan fingerprint density at radius 1 is 1.03 bits per heavy atom. The third kappa shape index (κ3) is 6.11. The molecule has 1 heterocycles. The lowest BCUT2D eigenvalue weighted by atomic mass is 10.1. The van der Waals surface area contributed by atoms with Crippen molar-refractivity contribution in [3.8, 4) is 11.5 Å². The quantitative estimate of drug-likeness (QED) is 0.612. The zero-order valence-corrected chi connectivity index (χ0v) is 17.7. The van der Waals surface area contributed by atoms with Crippen molar-refractivity contribution in [1.82, 2.24) is 9.80 Å². The van der Waals surface area contributed by atoms with Crippen LogP contribution in [-0.4, -0.2) is 61.9 Å². The van der Waals surface area contributed by atoms with E-state index in [1.54, 1.807) is 38.1 Å². The van der Waals surface area contributed by atoms with Gasteiger partial charge in [0, 0.05) is 55.4 Å². The number of ether oxygens (including phenoxy) is 2. The molecule has 0 bridgehead atoms. The molecule has 3 rings (SSSR count). The van der Waals surface area contributed by atoms with Crippen molar-refractivity contribution < 1.29 is 18.7 Å². The number of halogens is 1. The van der Waals surface area contributed by atoms with Gasteiger partial charge in [-0.2, -0.15) is 0 Å². The fourth-order valence-corrected chi connectivity index (χ4v) is 4.19. The lowest BCUT2D eigenvalue weighted by Gasteiger charge is -2.35. The lowest BCUT2D eigenvalue weighted by molar-refractivity contribution is -0.132. The summed E-state index contributed by atoms with van der Waals surface area (Å²) in [4.78, 5) is 17.7. The molecule has 0 aromatic heterocycles. The molecular formula is C22H27FN2O3S. The monoisotopic (exact) mass is 418 g/mol. The topological polar surface area (TPSA) is 42.0 Å². The number of carbonyl (C=O) groups is 1. The smallest absolute Gasteiger partial charge is 0.223 e. The Kier molecular flexibility index (Phi) is 7.77. The molecule has 1 fully saturated rings. The lowest BCUT2D eigenvalue weighted by Crippen LogP contribution is -2.48. The highest BCUT2D eigenvalue weighted by Gasteiger charge is 2.21. The normalized spacial score (nSPS) is 14.7. The highest BCUT2D eigenvalue weighted by molar-refractivity contribution is 7.99. The molecule has 1 saturated heterocycles. The SMILES string of the molecule is COc1ccc(OC)c(CN2CCN(C(=O)CCSc3ccc(F)cc3)CC2)c1. The molecule has 0 atom stereocenters. The number of hydrogen-bond donors (Lipinski definition) is 0. The van der Waals surface area contributed by atoms with E-state index in [1.165, 1.54) is 12.1 Å². The zero-order valence-electron chi connectivity index (χ0n) is 16.9. The van der Waals surface area contributed by atoms with Gasteiger partial charge >= 0.3 is 0 Å². The minimum Gasteiger partial charge on any atom is -0.497 e. The van der Waals surface area contributed by atoms with Crippen LogP contribution in [0.25, 0.3) is 0 Å². The average Bonchev–Trinajstić information content (AvgIpc) is 2.75. The van der Waals surface area contributed by atoms with E-state index in [0.717, 1.165) is 54.7 Å². The van der Waals surface area contributed by atoms with Gasteiger partial charge in [-0.15, -0.1) is 11.8 Å². The summed E-state index contributed by atoms with van der Waals surface area (Å²) in [6.45, 7) is 3.88. The summed E-state index contributed by atoms with van der Waals surface area (Å²) in [5.74, 6) is 2.30. The van der Waals surface area contributed by atoms with Gasteiger partial charge in [0.05, 0.1) is 14.2 Å². The maximum atomic E-state index is 12.9. The second-order valence-electron chi connectivity index (χ2n) is 6.89. The fraction of sp³-hybridized carbons (Fsp3) is 0.409. The van der Waals surface area contributed by atoms with Gasteiger partial charge in [0.25, 0.3) is 0 Å². The first-order chi connectivity index (χ1) is 14.1. The van der Waals surface area contributed by atoms with Gasteiger partial charge < -0.3 is 14.4 Å². The number of thioether (sulfide) groups is 1. The number of benzene rings is 2. The van der Waals surface area contributed by atoms with Crippen molar-refractivity contribution in [3.05, 3.63) is 53.8 Å². The Hall–Kier alpha value is -2.25. The van der Waals surface area contributed by atoms with Gasteiger partial charge in [-0.05, 0) is 42.5 Å². The Labute approximate surface area is 175 Å². The van der Waals surface area contributed by atoms with E-state index in [1.807, 2.05) is 23.1 Å². The summed E-state index contributed by atoms with van der Waals surface area (Å²) in [6, 6.07) is 12.2. The minimum atomic E-state index is -0.241. The molecule has 5 nitrogen and oxygen atoms in total. The van der Waals surface area contributed by atoms with Crippen molar-refractivity contribution in [1.29, 1.82) is 0 Å². The first kappa shape index (κ1) is 21.5. The van der Waals surface area contributed by atoms with Crippen molar-refractivity contribution in [2.75, 3.05) is 46.2 Å². The summed E-state index contributed by atoms with van der Waals surface area (Å²) >= 11 is 1.58. The summed E-state index contributed by atoms with van der Waals surface area (Å²) in [5, 5.41) is 0. The van der Waals surface area contributed by atoms with Gasteiger partial charge in [-0.25, -0.2) is 4.39 Å². The van der Waals surface area contributed by atoms with Gasteiger partial charge in [0.2, 0.25) is 5.91 Å². The highest BCUT2D eigenvalue weighted by Crippen LogP contribution is 2.26. The second kappa shape index (κ2) is 10.5. The third-order valence-corrected chi connectivity index (χ3v) is 6.02. The van der Waals surface area contributed by atoms with E-state index < -0.39 is 0 Å². The Morgan fingerprint density at radius 2 is 1.76 bits per heavy atom. The van der Waals surface area contributed by atoms with Crippen LogP contribution in [0.1, 0.15) is 12.0 Å². The first-order valence-electron chi connectivity index (χ1n) is 9.68. The molecule has 156 valence electrons. The number of methoxy groups -OCH3 is 2. The molecule has 0 saturated carbocycles. The fourth-order valence-electron chi connectivity index (χ4n) is 3.35. The van der Waals surface area contributed by atoms with E-state index in [4.69, 9.17) is 9.47 Å². The molecule has 2 aromatic carbocycles. The van der Waals surface area contributed by atoms with Crippen LogP contribution in [0.2, 0.25) is 0 Å². The van der Waals surface area contributed by atoms with Crippen molar-refractivity contribution >= 4 is 17.7 Å². The first-order valence-corrected chi connectivity index (χ1v) is 10.7. The maximum Gasteiger partial charge on any atom is 0.223 e. The molecule has 29 heavy (non-hydrogen) atoms. The summed E-state index contributed by atoms with van der Waals surface area (Å²) in [6.07, 6.45) is 0.492. The molecule has 1 amide bonds. The Bertz CT molecular complexity index is 808. The minimum absolute atomic E-state index is 0.179. The average molecular weight is 419 g/mol. The number of rotatable bonds is 8. The van der Waals surface area contributed by atoms with Gasteiger partial charge in [0.15, 0.2) is 0 Å². The Morgan fingerprint density at radius 3 is 2.41 bits per heavy atom. The number of amides is 1. The van der Waals surface area contributed by atoms with Crippen LogP contribution in [0.5, 0.6) is 11.5 Å². The molecule has 0 N–H and O–H groups in total. The molecule has 0 aliphatic carbocycles. The van der Waals surface area contributed by atoms with Crippen LogP contribution in [0, 0.1) is 5.82 Å². The number of nitrogens with zero attached hydrogens (tertiary/aromatic N) is 2. The highest BCUT2D eigenvalue weighted by atomic mass is 32.2. The summed E-state index contributed by atoms with van der Waals surface area (Å²) in [7, 11) is 3.33. The van der Waals surface area contributed by atoms with Crippen LogP contribution in [0.4, 0.5) is 4.39 Å². The maximum absolute atomic E-state index is 12.9. The van der Waals surface area contributed by atoms with E-state index in [-0.39, 0.29) is 11.7 Å². The predicted molar refractivity (Wildman–Crippen MR) is 113 cm³/mol. The predicted octanol–water partition coefficient (Wildman–Crippen LogP) is 3.67.